The molecule has 1 saturated heterocycles. The van der Waals surface area contributed by atoms with Crippen LogP contribution in [0, 0.1) is 0 Å². The molecule has 0 aromatic carbocycles. The van der Waals surface area contributed by atoms with Gasteiger partial charge in [0, 0.05) is 17.5 Å². The van der Waals surface area contributed by atoms with Crippen LogP contribution < -0.4 is 4.90 Å². The minimum absolute atomic E-state index is 0.0125. The second-order valence-electron chi connectivity index (χ2n) is 3.31. The lowest BCUT2D eigenvalue weighted by molar-refractivity contribution is -0.135. The number of rotatable bonds is 4. The van der Waals surface area contributed by atoms with Crippen molar-refractivity contribution >= 4 is 23.4 Å². The molecule has 15 heavy (non-hydrogen) atoms. The summed E-state index contributed by atoms with van der Waals surface area (Å²) in [7, 11) is 0. The Morgan fingerprint density at radius 3 is 2.67 bits per heavy atom. The Hall–Kier alpha value is -1.30. The van der Waals surface area contributed by atoms with Crippen LogP contribution in [0.3, 0.4) is 0 Å². The lowest BCUT2D eigenvalue weighted by Crippen LogP contribution is -2.47. The second-order valence-corrected chi connectivity index (χ2v) is 4.38. The van der Waals surface area contributed by atoms with E-state index in [4.69, 9.17) is 5.11 Å². The van der Waals surface area contributed by atoms with E-state index >= 15 is 0 Å². The Bertz CT molecular complexity index is 342. The molecular weight excluding hydrogens is 214 g/mol. The Labute approximate surface area is 91.5 Å². The van der Waals surface area contributed by atoms with E-state index in [1.807, 2.05) is 16.7 Å². The summed E-state index contributed by atoms with van der Waals surface area (Å²) in [5.41, 5.74) is 0.783. The largest absolute Gasteiger partial charge is 0.480 e. The Kier molecular flexibility index (Phi) is 3.05. The van der Waals surface area contributed by atoms with Gasteiger partial charge in [0.1, 0.15) is 12.9 Å². The van der Waals surface area contributed by atoms with Gasteiger partial charge in [-0.1, -0.05) is 0 Å². The van der Waals surface area contributed by atoms with Crippen molar-refractivity contribution in [2.24, 2.45) is 0 Å². The summed E-state index contributed by atoms with van der Waals surface area (Å²) in [4.78, 5) is 20.4. The predicted octanol–water partition coefficient (Wildman–Crippen LogP) is 0.483. The maximum Gasteiger partial charge on any atom is 0.323 e. The first-order valence-electron chi connectivity index (χ1n) is 4.58. The number of carboxylic acid groups (broad SMARTS) is 1. The van der Waals surface area contributed by atoms with Crippen LogP contribution in [0.5, 0.6) is 0 Å². The highest BCUT2D eigenvalue weighted by Crippen LogP contribution is 2.26. The van der Waals surface area contributed by atoms with Crippen molar-refractivity contribution in [1.82, 2.24) is 9.97 Å². The molecule has 1 N–H and O–H groups in total. The topological polar surface area (TPSA) is 66.3 Å². The lowest BCUT2D eigenvalue weighted by Gasteiger charge is -2.37. The molecule has 6 heteroatoms. The van der Waals surface area contributed by atoms with Gasteiger partial charge in [0.25, 0.3) is 0 Å². The maximum absolute atomic E-state index is 10.7. The van der Waals surface area contributed by atoms with Gasteiger partial charge in [-0.05, 0) is 0 Å². The van der Waals surface area contributed by atoms with Crippen LogP contribution in [0.2, 0.25) is 0 Å². The first-order valence-corrected chi connectivity index (χ1v) is 5.74. The van der Waals surface area contributed by atoms with E-state index < -0.39 is 5.97 Å². The van der Waals surface area contributed by atoms with Gasteiger partial charge in [0.2, 0.25) is 0 Å². The molecule has 80 valence electrons. The predicted molar refractivity (Wildman–Crippen MR) is 58.1 cm³/mol. The number of carboxylic acids is 1. The first kappa shape index (κ1) is 10.2. The number of aliphatic carboxylic acids is 1. The molecule has 5 nitrogen and oxygen atoms in total. The molecule has 0 unspecified atom stereocenters. The zero-order chi connectivity index (χ0) is 10.7. The van der Waals surface area contributed by atoms with Crippen molar-refractivity contribution in [3.8, 4) is 0 Å². The molecule has 1 fully saturated rings. The standard InChI is InChI=1S/C9H11N3O2S/c13-9(14)3-12(8-4-15-5-8)7-1-10-6-11-2-7/h1-2,6,8H,3-5H2,(H,13,14). The van der Waals surface area contributed by atoms with Gasteiger partial charge in [-0.3, -0.25) is 4.79 Å². The van der Waals surface area contributed by atoms with Crippen LogP contribution in [0.4, 0.5) is 5.69 Å². The van der Waals surface area contributed by atoms with Crippen molar-refractivity contribution in [3.05, 3.63) is 18.7 Å². The fraction of sp³-hybridized carbons (Fsp3) is 0.444. The van der Waals surface area contributed by atoms with E-state index in [0.717, 1.165) is 17.2 Å². The van der Waals surface area contributed by atoms with Gasteiger partial charge in [0.05, 0.1) is 18.1 Å². The van der Waals surface area contributed by atoms with E-state index in [1.165, 1.54) is 6.33 Å². The first-order chi connectivity index (χ1) is 7.27. The minimum atomic E-state index is -0.823. The average Bonchev–Trinajstić information content (AvgIpc) is 2.15. The normalized spacial score (nSPS) is 15.7. The number of aromatic nitrogens is 2. The molecule has 0 bridgehead atoms. The molecule has 0 atom stereocenters. The molecule has 2 rings (SSSR count). The van der Waals surface area contributed by atoms with Gasteiger partial charge < -0.3 is 10.0 Å². The van der Waals surface area contributed by atoms with Gasteiger partial charge >= 0.3 is 5.97 Å². The van der Waals surface area contributed by atoms with Gasteiger partial charge in [-0.25, -0.2) is 9.97 Å². The van der Waals surface area contributed by atoms with Crippen LogP contribution in [-0.4, -0.2) is 45.1 Å². The number of hydrogen-bond acceptors (Lipinski definition) is 5. The molecule has 1 aromatic heterocycles. The van der Waals surface area contributed by atoms with Crippen molar-refractivity contribution in [3.63, 3.8) is 0 Å². The number of thioether (sulfide) groups is 1. The van der Waals surface area contributed by atoms with Crippen LogP contribution in [-0.2, 0) is 4.79 Å². The van der Waals surface area contributed by atoms with Crippen molar-refractivity contribution in [2.75, 3.05) is 23.0 Å². The molecule has 0 spiro atoms. The molecule has 0 saturated carbocycles. The van der Waals surface area contributed by atoms with Crippen LogP contribution >= 0.6 is 11.8 Å². The molecule has 1 aliphatic heterocycles. The molecule has 1 aromatic rings. The number of hydrogen-bond donors (Lipinski definition) is 1. The van der Waals surface area contributed by atoms with Gasteiger partial charge in [-0.15, -0.1) is 0 Å². The summed E-state index contributed by atoms with van der Waals surface area (Å²) in [6, 6.07) is 0.303. The van der Waals surface area contributed by atoms with E-state index in [-0.39, 0.29) is 6.54 Å². The monoisotopic (exact) mass is 225 g/mol. The third kappa shape index (κ3) is 2.38. The molecule has 2 heterocycles. The summed E-state index contributed by atoms with van der Waals surface area (Å²) < 4.78 is 0. The third-order valence-corrected chi connectivity index (χ3v) is 3.49. The molecule has 1 aliphatic rings. The highest BCUT2D eigenvalue weighted by Gasteiger charge is 2.27. The van der Waals surface area contributed by atoms with Crippen LogP contribution in [0.15, 0.2) is 18.7 Å². The third-order valence-electron chi connectivity index (χ3n) is 2.25. The zero-order valence-corrected chi connectivity index (χ0v) is 8.85. The zero-order valence-electron chi connectivity index (χ0n) is 8.04. The summed E-state index contributed by atoms with van der Waals surface area (Å²) in [6.07, 6.45) is 4.75. The molecule has 0 amide bonds. The van der Waals surface area contributed by atoms with Gasteiger partial charge in [-0.2, -0.15) is 11.8 Å². The molecule has 0 aliphatic carbocycles. The highest BCUT2D eigenvalue weighted by molar-refractivity contribution is 8.00. The van der Waals surface area contributed by atoms with Crippen molar-refractivity contribution in [2.45, 2.75) is 6.04 Å². The maximum atomic E-state index is 10.7. The summed E-state index contributed by atoms with van der Waals surface area (Å²) in [6.45, 7) is 0.0125. The summed E-state index contributed by atoms with van der Waals surface area (Å²) in [5.74, 6) is 1.13. The lowest BCUT2D eigenvalue weighted by atomic mass is 10.2. The Balaban J connectivity index is 2.14. The van der Waals surface area contributed by atoms with E-state index in [0.29, 0.717) is 6.04 Å². The fourth-order valence-corrected chi connectivity index (χ4v) is 2.23. The van der Waals surface area contributed by atoms with Crippen LogP contribution in [0.1, 0.15) is 0 Å². The Morgan fingerprint density at radius 2 is 2.20 bits per heavy atom. The van der Waals surface area contributed by atoms with Crippen molar-refractivity contribution < 1.29 is 9.90 Å². The summed E-state index contributed by atoms with van der Waals surface area (Å²) in [5, 5.41) is 8.82. The minimum Gasteiger partial charge on any atom is -0.480 e. The average molecular weight is 225 g/mol. The molecular formula is C9H11N3O2S. The molecule has 0 radical (unpaired) electrons. The highest BCUT2D eigenvalue weighted by atomic mass is 32.2. The van der Waals surface area contributed by atoms with E-state index in [9.17, 15) is 4.79 Å². The second kappa shape index (κ2) is 4.48. The quantitative estimate of drug-likeness (QED) is 0.804. The number of anilines is 1. The SMILES string of the molecule is O=C(O)CN(c1cncnc1)C1CSC1. The number of carbonyl (C=O) groups is 1. The summed E-state index contributed by atoms with van der Waals surface area (Å²) >= 11 is 1.82. The van der Waals surface area contributed by atoms with Gasteiger partial charge in [0.15, 0.2) is 0 Å². The van der Waals surface area contributed by atoms with E-state index in [2.05, 4.69) is 9.97 Å². The number of nitrogens with zero attached hydrogens (tertiary/aromatic N) is 3. The smallest absolute Gasteiger partial charge is 0.323 e. The van der Waals surface area contributed by atoms with Crippen molar-refractivity contribution in [1.29, 1.82) is 0 Å². The van der Waals surface area contributed by atoms with Crippen LogP contribution in [0.25, 0.3) is 0 Å². The Morgan fingerprint density at radius 1 is 1.53 bits per heavy atom. The fourth-order valence-electron chi connectivity index (χ4n) is 1.42. The van der Waals surface area contributed by atoms with E-state index in [1.54, 1.807) is 12.4 Å².